The van der Waals surface area contributed by atoms with Crippen LogP contribution in [0.4, 0.5) is 0 Å². The molecule has 0 aliphatic rings. The highest BCUT2D eigenvalue weighted by molar-refractivity contribution is 5.83. The van der Waals surface area contributed by atoms with Crippen molar-refractivity contribution >= 4 is 10.8 Å². The molecule has 0 aromatic heterocycles. The zero-order valence-corrected chi connectivity index (χ0v) is 10.7. The molecule has 17 heavy (non-hydrogen) atoms. The SMILES string of the molecule is COCN(C)Cc1ccc2cc(C)ccc2c1. The predicted molar refractivity (Wildman–Crippen MR) is 72.0 cm³/mol. The maximum atomic E-state index is 5.10. The first-order valence-corrected chi connectivity index (χ1v) is 5.86. The number of nitrogens with zero attached hydrogens (tertiary/aromatic N) is 1. The molecule has 0 fully saturated rings. The Morgan fingerprint density at radius 3 is 2.53 bits per heavy atom. The van der Waals surface area contributed by atoms with Gasteiger partial charge in [-0.1, -0.05) is 35.9 Å². The zero-order chi connectivity index (χ0) is 12.3. The zero-order valence-electron chi connectivity index (χ0n) is 10.7. The fourth-order valence-corrected chi connectivity index (χ4v) is 2.09. The van der Waals surface area contributed by atoms with Gasteiger partial charge in [0.15, 0.2) is 0 Å². The van der Waals surface area contributed by atoms with E-state index in [2.05, 4.69) is 55.3 Å². The number of aryl methyl sites for hydroxylation is 1. The van der Waals surface area contributed by atoms with E-state index in [0.29, 0.717) is 6.73 Å². The summed E-state index contributed by atoms with van der Waals surface area (Å²) in [6.45, 7) is 3.70. The van der Waals surface area contributed by atoms with Gasteiger partial charge in [0.1, 0.15) is 0 Å². The van der Waals surface area contributed by atoms with Gasteiger partial charge in [0.25, 0.3) is 0 Å². The normalized spacial score (nSPS) is 11.3. The molecular formula is C15H19NO. The molecular weight excluding hydrogens is 210 g/mol. The molecule has 0 saturated carbocycles. The third kappa shape index (κ3) is 3.05. The number of methoxy groups -OCH3 is 1. The highest BCUT2D eigenvalue weighted by Crippen LogP contribution is 2.18. The van der Waals surface area contributed by atoms with Gasteiger partial charge in [-0.05, 0) is 36.4 Å². The van der Waals surface area contributed by atoms with Gasteiger partial charge in [0, 0.05) is 13.7 Å². The number of benzene rings is 2. The van der Waals surface area contributed by atoms with Gasteiger partial charge in [-0.3, -0.25) is 4.90 Å². The average molecular weight is 229 g/mol. The molecule has 0 amide bonds. The summed E-state index contributed by atoms with van der Waals surface area (Å²) in [5, 5.41) is 2.61. The Labute approximate surface area is 103 Å². The molecule has 0 bridgehead atoms. The number of hydrogen-bond acceptors (Lipinski definition) is 2. The third-order valence-corrected chi connectivity index (χ3v) is 2.86. The molecule has 0 radical (unpaired) electrons. The molecule has 0 N–H and O–H groups in total. The van der Waals surface area contributed by atoms with Crippen molar-refractivity contribution in [2.24, 2.45) is 0 Å². The van der Waals surface area contributed by atoms with E-state index in [9.17, 15) is 0 Å². The van der Waals surface area contributed by atoms with E-state index in [1.807, 2.05) is 0 Å². The standard InChI is InChI=1S/C15H19NO/c1-12-4-6-15-9-13(5-7-14(15)8-12)10-16(2)11-17-3/h4-9H,10-11H2,1-3H3. The monoisotopic (exact) mass is 229 g/mol. The van der Waals surface area contributed by atoms with E-state index in [1.54, 1.807) is 7.11 Å². The average Bonchev–Trinajstić information content (AvgIpc) is 2.29. The van der Waals surface area contributed by atoms with Crippen LogP contribution in [0.3, 0.4) is 0 Å². The third-order valence-electron chi connectivity index (χ3n) is 2.86. The Bertz CT molecular complexity index is 507. The highest BCUT2D eigenvalue weighted by atomic mass is 16.5. The van der Waals surface area contributed by atoms with Crippen LogP contribution in [0.25, 0.3) is 10.8 Å². The Morgan fingerprint density at radius 1 is 1.06 bits per heavy atom. The quantitative estimate of drug-likeness (QED) is 0.747. The fraction of sp³-hybridized carbons (Fsp3) is 0.333. The molecule has 0 aliphatic carbocycles. The van der Waals surface area contributed by atoms with E-state index in [-0.39, 0.29) is 0 Å². The Kier molecular flexibility index (Phi) is 3.77. The second-order valence-electron chi connectivity index (χ2n) is 4.62. The van der Waals surface area contributed by atoms with Gasteiger partial charge < -0.3 is 4.74 Å². The lowest BCUT2D eigenvalue weighted by Crippen LogP contribution is -2.20. The summed E-state index contributed by atoms with van der Waals surface area (Å²) < 4.78 is 5.10. The van der Waals surface area contributed by atoms with E-state index in [0.717, 1.165) is 6.54 Å². The molecule has 2 aromatic rings. The van der Waals surface area contributed by atoms with Gasteiger partial charge in [0.05, 0.1) is 6.73 Å². The van der Waals surface area contributed by atoms with Crippen LogP contribution >= 0.6 is 0 Å². The van der Waals surface area contributed by atoms with Crippen LogP contribution in [0.5, 0.6) is 0 Å². The lowest BCUT2D eigenvalue weighted by atomic mass is 10.0. The topological polar surface area (TPSA) is 12.5 Å². The van der Waals surface area contributed by atoms with Crippen molar-refractivity contribution in [3.63, 3.8) is 0 Å². The molecule has 0 heterocycles. The van der Waals surface area contributed by atoms with Crippen molar-refractivity contribution < 1.29 is 4.74 Å². The van der Waals surface area contributed by atoms with Crippen LogP contribution in [0, 0.1) is 6.92 Å². The van der Waals surface area contributed by atoms with Gasteiger partial charge in [-0.15, -0.1) is 0 Å². The van der Waals surface area contributed by atoms with Crippen molar-refractivity contribution in [1.82, 2.24) is 4.90 Å². The molecule has 2 heteroatoms. The highest BCUT2D eigenvalue weighted by Gasteiger charge is 2.01. The second-order valence-corrected chi connectivity index (χ2v) is 4.62. The molecule has 0 aliphatic heterocycles. The van der Waals surface area contributed by atoms with E-state index >= 15 is 0 Å². The van der Waals surface area contributed by atoms with E-state index in [4.69, 9.17) is 4.74 Å². The van der Waals surface area contributed by atoms with Gasteiger partial charge in [0.2, 0.25) is 0 Å². The molecule has 0 spiro atoms. The molecule has 2 aromatic carbocycles. The summed E-state index contributed by atoms with van der Waals surface area (Å²) in [6, 6.07) is 13.2. The van der Waals surface area contributed by atoms with Crippen LogP contribution in [0.15, 0.2) is 36.4 Å². The first kappa shape index (κ1) is 12.1. The van der Waals surface area contributed by atoms with E-state index < -0.39 is 0 Å². The first-order valence-electron chi connectivity index (χ1n) is 5.86. The minimum absolute atomic E-state index is 0.659. The van der Waals surface area contributed by atoms with E-state index in [1.165, 1.54) is 21.9 Å². The Hall–Kier alpha value is -1.38. The second kappa shape index (κ2) is 5.30. The first-order chi connectivity index (χ1) is 8.19. The minimum Gasteiger partial charge on any atom is -0.369 e. The number of hydrogen-bond donors (Lipinski definition) is 0. The summed E-state index contributed by atoms with van der Waals surface area (Å²) in [5.74, 6) is 0. The molecule has 0 saturated heterocycles. The molecule has 2 nitrogen and oxygen atoms in total. The predicted octanol–water partition coefficient (Wildman–Crippen LogP) is 3.18. The minimum atomic E-state index is 0.659. The number of rotatable bonds is 4. The van der Waals surface area contributed by atoms with Crippen molar-refractivity contribution in [3.05, 3.63) is 47.5 Å². The molecule has 2 rings (SSSR count). The summed E-state index contributed by atoms with van der Waals surface area (Å²) in [6.07, 6.45) is 0. The number of fused-ring (bicyclic) bond motifs is 1. The molecule has 0 unspecified atom stereocenters. The largest absolute Gasteiger partial charge is 0.369 e. The summed E-state index contributed by atoms with van der Waals surface area (Å²) in [7, 11) is 3.78. The van der Waals surface area contributed by atoms with Crippen LogP contribution in [0.2, 0.25) is 0 Å². The van der Waals surface area contributed by atoms with Gasteiger partial charge >= 0.3 is 0 Å². The van der Waals surface area contributed by atoms with Crippen molar-refractivity contribution in [1.29, 1.82) is 0 Å². The van der Waals surface area contributed by atoms with Gasteiger partial charge in [-0.25, -0.2) is 0 Å². The lowest BCUT2D eigenvalue weighted by Gasteiger charge is -2.15. The van der Waals surface area contributed by atoms with Crippen molar-refractivity contribution in [2.75, 3.05) is 20.9 Å². The van der Waals surface area contributed by atoms with Crippen LogP contribution in [-0.4, -0.2) is 25.8 Å². The smallest absolute Gasteiger partial charge is 0.0986 e. The molecule has 90 valence electrons. The summed E-state index contributed by atoms with van der Waals surface area (Å²) >= 11 is 0. The number of ether oxygens (including phenoxy) is 1. The Balaban J connectivity index is 2.23. The van der Waals surface area contributed by atoms with Crippen molar-refractivity contribution in [3.8, 4) is 0 Å². The summed E-state index contributed by atoms with van der Waals surface area (Å²) in [5.41, 5.74) is 2.63. The van der Waals surface area contributed by atoms with Crippen LogP contribution < -0.4 is 0 Å². The maximum Gasteiger partial charge on any atom is 0.0986 e. The molecule has 0 atom stereocenters. The van der Waals surface area contributed by atoms with Crippen LogP contribution in [0.1, 0.15) is 11.1 Å². The Morgan fingerprint density at radius 2 is 1.76 bits per heavy atom. The lowest BCUT2D eigenvalue weighted by molar-refractivity contribution is 0.0772. The van der Waals surface area contributed by atoms with Crippen molar-refractivity contribution in [2.45, 2.75) is 13.5 Å². The maximum absolute atomic E-state index is 5.10. The van der Waals surface area contributed by atoms with Gasteiger partial charge in [-0.2, -0.15) is 0 Å². The summed E-state index contributed by atoms with van der Waals surface area (Å²) in [4.78, 5) is 2.15. The fourth-order valence-electron chi connectivity index (χ4n) is 2.09. The van der Waals surface area contributed by atoms with Crippen LogP contribution in [-0.2, 0) is 11.3 Å².